The predicted molar refractivity (Wildman–Crippen MR) is 66.8 cm³/mol. The molecule has 1 saturated carbocycles. The van der Waals surface area contributed by atoms with E-state index in [1.165, 1.54) is 6.07 Å². The molecular weight excluding hydrogens is 234 g/mol. The number of amidine groups is 1. The average molecular weight is 249 g/mol. The molecular formula is C12H15N3O3. The topological polar surface area (TPSA) is 102 Å². The van der Waals surface area contributed by atoms with E-state index in [1.807, 2.05) is 0 Å². The fraction of sp³-hybridized carbons (Fsp3) is 0.417. The van der Waals surface area contributed by atoms with Gasteiger partial charge in [-0.15, -0.1) is 0 Å². The summed E-state index contributed by atoms with van der Waals surface area (Å²) >= 11 is 0. The molecule has 0 atom stereocenters. The minimum absolute atomic E-state index is 0.0314. The lowest BCUT2D eigenvalue weighted by Crippen LogP contribution is -2.21. The number of para-hydroxylation sites is 2. The summed E-state index contributed by atoms with van der Waals surface area (Å²) < 4.78 is 5.53. The standard InChI is InChI=1S/C12H15N3O3/c13-11(14)7-12(5-6-12)8-18-10-4-2-1-3-9(10)15(16)17/h1-4H,5-8H2,(H3,13,14). The first-order chi connectivity index (χ1) is 8.52. The van der Waals surface area contributed by atoms with Gasteiger partial charge in [-0.25, -0.2) is 0 Å². The van der Waals surface area contributed by atoms with Crippen LogP contribution in [0, 0.1) is 20.9 Å². The first-order valence-electron chi connectivity index (χ1n) is 5.72. The fourth-order valence-electron chi connectivity index (χ4n) is 1.91. The van der Waals surface area contributed by atoms with Gasteiger partial charge in [-0.05, 0) is 18.9 Å². The van der Waals surface area contributed by atoms with E-state index in [2.05, 4.69) is 0 Å². The molecule has 1 aliphatic carbocycles. The number of rotatable bonds is 6. The SMILES string of the molecule is N=C(N)CC1(COc2ccccc2[N+](=O)[O-])CC1. The van der Waals surface area contributed by atoms with Crippen molar-refractivity contribution in [3.05, 3.63) is 34.4 Å². The minimum atomic E-state index is -0.458. The van der Waals surface area contributed by atoms with E-state index in [1.54, 1.807) is 18.2 Å². The molecule has 6 nitrogen and oxygen atoms in total. The summed E-state index contributed by atoms with van der Waals surface area (Å²) in [6.07, 6.45) is 2.40. The number of hydrogen-bond acceptors (Lipinski definition) is 4. The van der Waals surface area contributed by atoms with Gasteiger partial charge in [0.15, 0.2) is 5.75 Å². The van der Waals surface area contributed by atoms with E-state index in [4.69, 9.17) is 15.9 Å². The molecule has 2 rings (SSSR count). The van der Waals surface area contributed by atoms with Crippen molar-refractivity contribution in [3.8, 4) is 5.75 Å². The Morgan fingerprint density at radius 2 is 2.17 bits per heavy atom. The van der Waals surface area contributed by atoms with Crippen molar-refractivity contribution in [2.45, 2.75) is 19.3 Å². The highest BCUT2D eigenvalue weighted by Gasteiger charge is 2.44. The van der Waals surface area contributed by atoms with Gasteiger partial charge in [-0.2, -0.15) is 0 Å². The Morgan fingerprint density at radius 1 is 1.50 bits per heavy atom. The van der Waals surface area contributed by atoms with Crippen molar-refractivity contribution in [1.29, 1.82) is 5.41 Å². The molecule has 3 N–H and O–H groups in total. The lowest BCUT2D eigenvalue weighted by atomic mass is 10.0. The molecule has 0 bridgehead atoms. The maximum atomic E-state index is 10.8. The molecule has 1 aromatic rings. The summed E-state index contributed by atoms with van der Waals surface area (Å²) in [5.41, 5.74) is 5.27. The van der Waals surface area contributed by atoms with Gasteiger partial charge in [0.25, 0.3) is 0 Å². The molecule has 0 spiro atoms. The molecule has 18 heavy (non-hydrogen) atoms. The molecule has 0 unspecified atom stereocenters. The smallest absolute Gasteiger partial charge is 0.310 e. The second-order valence-corrected chi connectivity index (χ2v) is 4.72. The number of nitrogens with one attached hydrogen (secondary N) is 1. The summed E-state index contributed by atoms with van der Waals surface area (Å²) in [6, 6.07) is 6.31. The van der Waals surface area contributed by atoms with Crippen LogP contribution in [0.1, 0.15) is 19.3 Å². The summed E-state index contributed by atoms with van der Waals surface area (Å²) in [7, 11) is 0. The van der Waals surface area contributed by atoms with Gasteiger partial charge in [-0.1, -0.05) is 12.1 Å². The quantitative estimate of drug-likeness (QED) is 0.348. The molecule has 1 aliphatic rings. The van der Waals surface area contributed by atoms with Gasteiger partial charge in [0.1, 0.15) is 0 Å². The number of nitro benzene ring substituents is 1. The van der Waals surface area contributed by atoms with E-state index in [0.717, 1.165) is 12.8 Å². The number of nitrogens with two attached hydrogens (primary N) is 1. The monoisotopic (exact) mass is 249 g/mol. The maximum absolute atomic E-state index is 10.8. The third kappa shape index (κ3) is 2.77. The van der Waals surface area contributed by atoms with Crippen molar-refractivity contribution in [3.63, 3.8) is 0 Å². The second kappa shape index (κ2) is 4.64. The van der Waals surface area contributed by atoms with Crippen LogP contribution in [0.15, 0.2) is 24.3 Å². The molecule has 1 aromatic carbocycles. The summed E-state index contributed by atoms with van der Waals surface area (Å²) in [4.78, 5) is 10.4. The molecule has 0 aromatic heterocycles. The van der Waals surface area contributed by atoms with Crippen molar-refractivity contribution in [2.75, 3.05) is 6.61 Å². The van der Waals surface area contributed by atoms with E-state index < -0.39 is 4.92 Å². The Balaban J connectivity index is 2.03. The molecule has 0 heterocycles. The molecule has 96 valence electrons. The highest BCUT2D eigenvalue weighted by molar-refractivity contribution is 5.78. The van der Waals surface area contributed by atoms with Crippen LogP contribution in [0.5, 0.6) is 5.75 Å². The van der Waals surface area contributed by atoms with Gasteiger partial charge >= 0.3 is 5.69 Å². The maximum Gasteiger partial charge on any atom is 0.310 e. The highest BCUT2D eigenvalue weighted by Crippen LogP contribution is 2.49. The molecule has 0 radical (unpaired) electrons. The average Bonchev–Trinajstić information content (AvgIpc) is 3.06. The Bertz CT molecular complexity index is 483. The van der Waals surface area contributed by atoms with Crippen LogP contribution in [0.2, 0.25) is 0 Å². The Morgan fingerprint density at radius 3 is 2.72 bits per heavy atom. The van der Waals surface area contributed by atoms with Crippen LogP contribution >= 0.6 is 0 Å². The zero-order valence-corrected chi connectivity index (χ0v) is 9.89. The first-order valence-corrected chi connectivity index (χ1v) is 5.72. The first kappa shape index (κ1) is 12.3. The third-order valence-electron chi connectivity index (χ3n) is 3.12. The Kier molecular flexibility index (Phi) is 3.18. The Hall–Kier alpha value is -2.11. The molecule has 6 heteroatoms. The molecule has 0 amide bonds. The van der Waals surface area contributed by atoms with Gasteiger partial charge < -0.3 is 10.5 Å². The van der Waals surface area contributed by atoms with Crippen molar-refractivity contribution in [1.82, 2.24) is 0 Å². The number of nitro groups is 1. The molecule has 1 fully saturated rings. The van der Waals surface area contributed by atoms with E-state index in [0.29, 0.717) is 13.0 Å². The predicted octanol–water partition coefficient (Wildman–Crippen LogP) is 2.08. The number of nitrogens with zero attached hydrogens (tertiary/aromatic N) is 1. The van der Waals surface area contributed by atoms with Crippen LogP contribution in [0.4, 0.5) is 5.69 Å². The largest absolute Gasteiger partial charge is 0.486 e. The van der Waals surface area contributed by atoms with Gasteiger partial charge in [0, 0.05) is 17.9 Å². The van der Waals surface area contributed by atoms with Crippen molar-refractivity contribution < 1.29 is 9.66 Å². The van der Waals surface area contributed by atoms with Crippen molar-refractivity contribution >= 4 is 11.5 Å². The number of hydrogen-bond donors (Lipinski definition) is 2. The van der Waals surface area contributed by atoms with Crippen LogP contribution in [-0.4, -0.2) is 17.4 Å². The van der Waals surface area contributed by atoms with E-state index in [9.17, 15) is 10.1 Å². The lowest BCUT2D eigenvalue weighted by Gasteiger charge is -2.15. The number of ether oxygens (including phenoxy) is 1. The number of benzene rings is 1. The second-order valence-electron chi connectivity index (χ2n) is 4.72. The van der Waals surface area contributed by atoms with Crippen LogP contribution in [-0.2, 0) is 0 Å². The highest BCUT2D eigenvalue weighted by atomic mass is 16.6. The zero-order chi connectivity index (χ0) is 13.2. The normalized spacial score (nSPS) is 16.0. The zero-order valence-electron chi connectivity index (χ0n) is 9.89. The van der Waals surface area contributed by atoms with E-state index in [-0.39, 0.29) is 22.7 Å². The van der Waals surface area contributed by atoms with E-state index >= 15 is 0 Å². The molecule has 0 saturated heterocycles. The summed E-state index contributed by atoms with van der Waals surface area (Å²) in [5, 5.41) is 18.1. The van der Waals surface area contributed by atoms with Gasteiger partial charge in [0.2, 0.25) is 0 Å². The lowest BCUT2D eigenvalue weighted by molar-refractivity contribution is -0.385. The summed E-state index contributed by atoms with van der Waals surface area (Å²) in [5.74, 6) is 0.413. The molecule has 0 aliphatic heterocycles. The van der Waals surface area contributed by atoms with Crippen LogP contribution < -0.4 is 10.5 Å². The third-order valence-corrected chi connectivity index (χ3v) is 3.12. The Labute approximate surface area is 104 Å². The van der Waals surface area contributed by atoms with Gasteiger partial charge in [0.05, 0.1) is 17.4 Å². The van der Waals surface area contributed by atoms with Crippen LogP contribution in [0.3, 0.4) is 0 Å². The van der Waals surface area contributed by atoms with Crippen molar-refractivity contribution in [2.24, 2.45) is 11.1 Å². The minimum Gasteiger partial charge on any atom is -0.486 e. The van der Waals surface area contributed by atoms with Crippen LogP contribution in [0.25, 0.3) is 0 Å². The van der Waals surface area contributed by atoms with Gasteiger partial charge in [-0.3, -0.25) is 15.5 Å². The summed E-state index contributed by atoms with van der Waals surface area (Å²) in [6.45, 7) is 0.372. The fourth-order valence-corrected chi connectivity index (χ4v) is 1.91.